The van der Waals surface area contributed by atoms with E-state index in [1.54, 1.807) is 11.5 Å². The second-order valence-corrected chi connectivity index (χ2v) is 6.80. The van der Waals surface area contributed by atoms with E-state index in [0.29, 0.717) is 11.6 Å². The van der Waals surface area contributed by atoms with Gasteiger partial charge in [0.15, 0.2) is 5.82 Å². The molecular weight excluding hydrogens is 328 g/mol. The lowest BCUT2D eigenvalue weighted by molar-refractivity contribution is -0.151. The molecule has 0 spiro atoms. The molecule has 1 amide bonds. The zero-order valence-electron chi connectivity index (χ0n) is 13.5. The fourth-order valence-electron chi connectivity index (χ4n) is 2.65. The molecule has 1 aliphatic rings. The molecular formula is C16H18N4O3S. The molecule has 1 N–H and O–H groups in total. The van der Waals surface area contributed by atoms with Crippen molar-refractivity contribution in [1.29, 1.82) is 0 Å². The maximum atomic E-state index is 12.6. The summed E-state index contributed by atoms with van der Waals surface area (Å²) >= 11 is 1.40. The number of carboxylic acids is 1. The molecule has 126 valence electrons. The van der Waals surface area contributed by atoms with Gasteiger partial charge in [0.1, 0.15) is 11.9 Å². The lowest BCUT2D eigenvalue weighted by Gasteiger charge is -2.33. The number of carbonyl (C=O) groups excluding carboxylic acids is 1. The molecule has 1 aromatic carbocycles. The number of nitrogens with zero attached hydrogens (tertiary/aromatic N) is 4. The second-order valence-electron chi connectivity index (χ2n) is 5.75. The highest BCUT2D eigenvalue weighted by molar-refractivity contribution is 8.00. The van der Waals surface area contributed by atoms with Crippen molar-refractivity contribution in [2.75, 3.05) is 5.75 Å². The number of thioether (sulfide) groups is 1. The largest absolute Gasteiger partial charge is 0.480 e. The van der Waals surface area contributed by atoms with Gasteiger partial charge in [0.25, 0.3) is 0 Å². The van der Waals surface area contributed by atoms with Crippen LogP contribution in [0.15, 0.2) is 29.2 Å². The number of hydrogen-bond donors (Lipinski definition) is 1. The van der Waals surface area contributed by atoms with Crippen LogP contribution in [-0.2, 0) is 22.7 Å². The van der Waals surface area contributed by atoms with E-state index in [2.05, 4.69) is 10.2 Å². The van der Waals surface area contributed by atoms with Crippen molar-refractivity contribution < 1.29 is 14.7 Å². The molecule has 0 bridgehead atoms. The maximum absolute atomic E-state index is 12.6. The summed E-state index contributed by atoms with van der Waals surface area (Å²) in [5, 5.41) is 17.5. The van der Waals surface area contributed by atoms with Gasteiger partial charge in [-0.1, -0.05) is 17.7 Å². The normalized spacial score (nSPS) is 16.8. The average Bonchev–Trinajstić information content (AvgIpc) is 2.93. The van der Waals surface area contributed by atoms with Gasteiger partial charge < -0.3 is 14.6 Å². The minimum atomic E-state index is -1.01. The molecule has 0 aliphatic carbocycles. The predicted octanol–water partition coefficient (Wildman–Crippen LogP) is 1.48. The first-order chi connectivity index (χ1) is 11.5. The number of carbonyl (C=O) groups is 2. The van der Waals surface area contributed by atoms with E-state index in [1.165, 1.54) is 16.7 Å². The summed E-state index contributed by atoms with van der Waals surface area (Å²) in [5.74, 6) is 0.262. The van der Waals surface area contributed by atoms with Crippen LogP contribution < -0.4 is 0 Å². The highest BCUT2D eigenvalue weighted by Gasteiger charge is 2.36. The predicted molar refractivity (Wildman–Crippen MR) is 88.6 cm³/mol. The van der Waals surface area contributed by atoms with Crippen LogP contribution in [0.2, 0.25) is 0 Å². The van der Waals surface area contributed by atoms with Gasteiger partial charge in [-0.15, -0.1) is 22.0 Å². The number of aliphatic carboxylic acids is 1. The summed E-state index contributed by atoms with van der Waals surface area (Å²) in [7, 11) is 0. The van der Waals surface area contributed by atoms with Crippen molar-refractivity contribution >= 4 is 23.6 Å². The topological polar surface area (TPSA) is 88.3 Å². The Labute approximate surface area is 143 Å². The van der Waals surface area contributed by atoms with Crippen LogP contribution in [-0.4, -0.2) is 48.4 Å². The van der Waals surface area contributed by atoms with E-state index in [4.69, 9.17) is 0 Å². The van der Waals surface area contributed by atoms with E-state index < -0.39 is 12.0 Å². The fourth-order valence-corrected chi connectivity index (χ4v) is 3.43. The van der Waals surface area contributed by atoms with Gasteiger partial charge in [0, 0.05) is 4.90 Å². The van der Waals surface area contributed by atoms with Crippen molar-refractivity contribution in [2.45, 2.75) is 37.9 Å². The van der Waals surface area contributed by atoms with Crippen molar-refractivity contribution in [3.05, 3.63) is 41.5 Å². The lowest BCUT2D eigenvalue weighted by Crippen LogP contribution is -2.51. The standard InChI is InChI=1S/C16H18N4O3S/c1-10-3-5-12(6-4-10)24-9-15(21)20-8-14-18-17-11(2)19(14)7-13(20)16(22)23/h3-6,13H,7-9H2,1-2H3,(H,22,23). The van der Waals surface area contributed by atoms with Crippen LogP contribution in [0.5, 0.6) is 0 Å². The van der Waals surface area contributed by atoms with E-state index >= 15 is 0 Å². The van der Waals surface area contributed by atoms with Gasteiger partial charge in [0.2, 0.25) is 5.91 Å². The minimum absolute atomic E-state index is 0.172. The summed E-state index contributed by atoms with van der Waals surface area (Å²) in [6.07, 6.45) is 0. The molecule has 2 aromatic rings. The Kier molecular flexibility index (Phi) is 4.57. The number of aryl methyl sites for hydroxylation is 2. The number of carboxylic acid groups (broad SMARTS) is 1. The van der Waals surface area contributed by atoms with Gasteiger partial charge >= 0.3 is 5.97 Å². The maximum Gasteiger partial charge on any atom is 0.328 e. The second kappa shape index (κ2) is 6.64. The highest BCUT2D eigenvalue weighted by atomic mass is 32.2. The van der Waals surface area contributed by atoms with Crippen LogP contribution >= 0.6 is 11.8 Å². The van der Waals surface area contributed by atoms with Gasteiger partial charge in [0.05, 0.1) is 18.8 Å². The quantitative estimate of drug-likeness (QED) is 0.844. The molecule has 0 saturated carbocycles. The van der Waals surface area contributed by atoms with Crippen molar-refractivity contribution in [2.24, 2.45) is 0 Å². The molecule has 24 heavy (non-hydrogen) atoms. The van der Waals surface area contributed by atoms with Crippen LogP contribution in [0.3, 0.4) is 0 Å². The molecule has 7 nitrogen and oxygen atoms in total. The van der Waals surface area contributed by atoms with Gasteiger partial charge in [-0.25, -0.2) is 4.79 Å². The molecule has 2 heterocycles. The number of benzene rings is 1. The molecule has 8 heteroatoms. The Morgan fingerprint density at radius 2 is 1.96 bits per heavy atom. The minimum Gasteiger partial charge on any atom is -0.480 e. The third kappa shape index (κ3) is 3.28. The first-order valence-electron chi connectivity index (χ1n) is 7.56. The molecule has 3 rings (SSSR count). The number of fused-ring (bicyclic) bond motifs is 1. The smallest absolute Gasteiger partial charge is 0.328 e. The number of amides is 1. The summed E-state index contributed by atoms with van der Waals surface area (Å²) in [6.45, 7) is 4.14. The Morgan fingerprint density at radius 1 is 1.25 bits per heavy atom. The number of aromatic nitrogens is 3. The van der Waals surface area contributed by atoms with Gasteiger partial charge in [-0.3, -0.25) is 4.79 Å². The van der Waals surface area contributed by atoms with Crippen LogP contribution in [0, 0.1) is 13.8 Å². The van der Waals surface area contributed by atoms with Crippen LogP contribution in [0.4, 0.5) is 0 Å². The number of hydrogen-bond acceptors (Lipinski definition) is 5. The van der Waals surface area contributed by atoms with Gasteiger partial charge in [-0.05, 0) is 26.0 Å². The van der Waals surface area contributed by atoms with E-state index in [9.17, 15) is 14.7 Å². The molecule has 0 saturated heterocycles. The zero-order valence-corrected chi connectivity index (χ0v) is 14.3. The summed E-state index contributed by atoms with van der Waals surface area (Å²) in [5.41, 5.74) is 1.15. The first kappa shape index (κ1) is 16.5. The van der Waals surface area contributed by atoms with Crippen molar-refractivity contribution in [1.82, 2.24) is 19.7 Å². The first-order valence-corrected chi connectivity index (χ1v) is 8.54. The Hall–Kier alpha value is -2.35. The summed E-state index contributed by atoms with van der Waals surface area (Å²) < 4.78 is 1.76. The fraction of sp³-hybridized carbons (Fsp3) is 0.375. The molecule has 0 fully saturated rings. The molecule has 1 atom stereocenters. The molecule has 0 radical (unpaired) electrons. The van der Waals surface area contributed by atoms with E-state index in [1.807, 2.05) is 31.2 Å². The zero-order chi connectivity index (χ0) is 17.3. The lowest BCUT2D eigenvalue weighted by atomic mass is 10.2. The molecule has 1 aliphatic heterocycles. The Balaban J connectivity index is 1.72. The SMILES string of the molecule is Cc1ccc(SCC(=O)N2Cc3nnc(C)n3CC2C(=O)O)cc1. The summed E-state index contributed by atoms with van der Waals surface area (Å²) in [6, 6.07) is 6.99. The van der Waals surface area contributed by atoms with Crippen LogP contribution in [0.25, 0.3) is 0 Å². The van der Waals surface area contributed by atoms with Crippen molar-refractivity contribution in [3.63, 3.8) is 0 Å². The monoisotopic (exact) mass is 346 g/mol. The third-order valence-corrected chi connectivity index (χ3v) is 5.04. The highest BCUT2D eigenvalue weighted by Crippen LogP contribution is 2.22. The van der Waals surface area contributed by atoms with Crippen LogP contribution in [0.1, 0.15) is 17.2 Å². The van der Waals surface area contributed by atoms with E-state index in [0.717, 1.165) is 10.5 Å². The van der Waals surface area contributed by atoms with Gasteiger partial charge in [-0.2, -0.15) is 0 Å². The molecule has 1 unspecified atom stereocenters. The molecule has 1 aromatic heterocycles. The Bertz CT molecular complexity index is 772. The Morgan fingerprint density at radius 3 is 2.62 bits per heavy atom. The third-order valence-electron chi connectivity index (χ3n) is 4.04. The van der Waals surface area contributed by atoms with Crippen molar-refractivity contribution in [3.8, 4) is 0 Å². The number of rotatable bonds is 4. The summed E-state index contributed by atoms with van der Waals surface area (Å²) in [4.78, 5) is 26.5. The average molecular weight is 346 g/mol. The van der Waals surface area contributed by atoms with E-state index in [-0.39, 0.29) is 24.7 Å².